The van der Waals surface area contributed by atoms with Gasteiger partial charge in [0, 0.05) is 18.8 Å². The molecule has 2 aliphatic rings. The summed E-state index contributed by atoms with van der Waals surface area (Å²) in [6.45, 7) is 4.46. The van der Waals surface area contributed by atoms with E-state index in [0.717, 1.165) is 24.2 Å². The number of aliphatic hydroxyl groups excluding tert-OH is 1. The molecule has 1 aromatic heterocycles. The number of β-amino-alcohol motifs (C(OH)–C–C–N with tert-alkyl or cyclic N) is 1. The SMILES string of the molecule is CC[C@@H](Nc1c(NC2=CCCC3=C2C(=O)N(CCO)C3)c(=O)c1=O)c1ccc(C)o1. The van der Waals surface area contributed by atoms with Crippen molar-refractivity contribution < 1.29 is 14.3 Å². The van der Waals surface area contributed by atoms with E-state index in [9.17, 15) is 19.5 Å². The normalized spacial score (nSPS) is 17.4. The monoisotopic (exact) mass is 411 g/mol. The molecule has 158 valence electrons. The molecule has 1 aliphatic carbocycles. The quantitative estimate of drug-likeness (QED) is 0.570. The molecule has 2 heterocycles. The molecule has 4 rings (SSSR count). The van der Waals surface area contributed by atoms with Gasteiger partial charge >= 0.3 is 0 Å². The maximum atomic E-state index is 12.7. The van der Waals surface area contributed by atoms with Crippen LogP contribution in [0.1, 0.15) is 43.7 Å². The number of anilines is 2. The Kier molecular flexibility index (Phi) is 5.34. The molecular formula is C22H25N3O5. The van der Waals surface area contributed by atoms with Crippen molar-refractivity contribution in [3.63, 3.8) is 0 Å². The number of carbonyl (C=O) groups excluding carboxylic acids is 1. The van der Waals surface area contributed by atoms with Gasteiger partial charge in [0.25, 0.3) is 16.8 Å². The van der Waals surface area contributed by atoms with E-state index in [2.05, 4.69) is 10.6 Å². The summed E-state index contributed by atoms with van der Waals surface area (Å²) < 4.78 is 5.67. The van der Waals surface area contributed by atoms with Crippen molar-refractivity contribution in [2.45, 2.75) is 39.2 Å². The van der Waals surface area contributed by atoms with Crippen molar-refractivity contribution in [2.75, 3.05) is 30.3 Å². The van der Waals surface area contributed by atoms with E-state index in [4.69, 9.17) is 4.42 Å². The number of hydrogen-bond donors (Lipinski definition) is 3. The van der Waals surface area contributed by atoms with E-state index < -0.39 is 10.9 Å². The second-order valence-electron chi connectivity index (χ2n) is 7.67. The number of furan rings is 1. The molecular weight excluding hydrogens is 386 g/mol. The second-order valence-corrected chi connectivity index (χ2v) is 7.67. The molecule has 0 saturated carbocycles. The molecule has 2 aromatic rings. The summed E-state index contributed by atoms with van der Waals surface area (Å²) in [6, 6.07) is 3.46. The summed E-state index contributed by atoms with van der Waals surface area (Å²) in [4.78, 5) is 38.9. The van der Waals surface area contributed by atoms with Crippen LogP contribution in [0.25, 0.3) is 0 Å². The van der Waals surface area contributed by atoms with Crippen LogP contribution in [0.5, 0.6) is 0 Å². The number of hydrogen-bond acceptors (Lipinski definition) is 7. The Morgan fingerprint density at radius 3 is 2.63 bits per heavy atom. The number of amides is 1. The molecule has 3 N–H and O–H groups in total. The van der Waals surface area contributed by atoms with Crippen molar-refractivity contribution in [3.8, 4) is 0 Å². The molecule has 8 nitrogen and oxygen atoms in total. The van der Waals surface area contributed by atoms with Crippen LogP contribution in [0.15, 0.2) is 49.1 Å². The fourth-order valence-electron chi connectivity index (χ4n) is 4.08. The Bertz CT molecular complexity index is 1120. The van der Waals surface area contributed by atoms with Crippen molar-refractivity contribution in [2.24, 2.45) is 0 Å². The lowest BCUT2D eigenvalue weighted by Gasteiger charge is -2.22. The number of allylic oxidation sites excluding steroid dienone is 1. The molecule has 0 radical (unpaired) electrons. The Balaban J connectivity index is 1.57. The molecule has 8 heteroatoms. The fourth-order valence-corrected chi connectivity index (χ4v) is 4.08. The van der Waals surface area contributed by atoms with Gasteiger partial charge in [-0.15, -0.1) is 0 Å². The summed E-state index contributed by atoms with van der Waals surface area (Å²) in [5.41, 5.74) is 1.30. The zero-order valence-electron chi connectivity index (χ0n) is 17.1. The number of carbonyl (C=O) groups is 1. The Morgan fingerprint density at radius 2 is 1.97 bits per heavy atom. The molecule has 1 amide bonds. The summed E-state index contributed by atoms with van der Waals surface area (Å²) in [6.07, 6.45) is 4.05. The third kappa shape index (κ3) is 3.37. The van der Waals surface area contributed by atoms with Gasteiger partial charge in [-0.25, -0.2) is 0 Å². The minimum absolute atomic E-state index is 0.102. The Morgan fingerprint density at radius 1 is 1.20 bits per heavy atom. The zero-order chi connectivity index (χ0) is 21.4. The van der Waals surface area contributed by atoms with Gasteiger partial charge in [0.15, 0.2) is 0 Å². The van der Waals surface area contributed by atoms with Crippen molar-refractivity contribution >= 4 is 17.3 Å². The molecule has 0 unspecified atom stereocenters. The van der Waals surface area contributed by atoms with Gasteiger partial charge in [-0.2, -0.15) is 0 Å². The first-order valence-electron chi connectivity index (χ1n) is 10.2. The van der Waals surface area contributed by atoms with E-state index in [1.807, 2.05) is 32.1 Å². The average molecular weight is 411 g/mol. The number of nitrogens with zero attached hydrogens (tertiary/aromatic N) is 1. The predicted molar refractivity (Wildman–Crippen MR) is 113 cm³/mol. The topological polar surface area (TPSA) is 112 Å². The zero-order valence-corrected chi connectivity index (χ0v) is 17.1. The van der Waals surface area contributed by atoms with Crippen LogP contribution in [0, 0.1) is 6.92 Å². The van der Waals surface area contributed by atoms with Gasteiger partial charge < -0.3 is 25.1 Å². The van der Waals surface area contributed by atoms with Crippen LogP contribution in [0.4, 0.5) is 11.4 Å². The molecule has 0 fully saturated rings. The van der Waals surface area contributed by atoms with Gasteiger partial charge in [0.2, 0.25) is 0 Å². The Labute approximate surface area is 173 Å². The first-order valence-corrected chi connectivity index (χ1v) is 10.2. The first kappa shape index (κ1) is 20.2. The van der Waals surface area contributed by atoms with E-state index in [1.54, 1.807) is 4.90 Å². The second kappa shape index (κ2) is 7.95. The molecule has 1 aliphatic heterocycles. The molecule has 1 aromatic carbocycles. The maximum Gasteiger partial charge on any atom is 0.256 e. The van der Waals surface area contributed by atoms with Crippen LogP contribution >= 0.6 is 0 Å². The molecule has 0 spiro atoms. The van der Waals surface area contributed by atoms with Gasteiger partial charge in [0.05, 0.1) is 18.2 Å². The largest absolute Gasteiger partial charge is 0.464 e. The van der Waals surface area contributed by atoms with E-state index >= 15 is 0 Å². The highest BCUT2D eigenvalue weighted by Crippen LogP contribution is 2.34. The molecule has 0 saturated heterocycles. The minimum Gasteiger partial charge on any atom is -0.464 e. The maximum absolute atomic E-state index is 12.7. The van der Waals surface area contributed by atoms with E-state index in [-0.39, 0.29) is 36.5 Å². The van der Waals surface area contributed by atoms with Crippen LogP contribution in [0.2, 0.25) is 0 Å². The highest BCUT2D eigenvalue weighted by Gasteiger charge is 2.35. The van der Waals surface area contributed by atoms with Crippen molar-refractivity contribution in [1.29, 1.82) is 0 Å². The number of aryl methyl sites for hydroxylation is 1. The van der Waals surface area contributed by atoms with Crippen LogP contribution in [-0.4, -0.2) is 35.6 Å². The average Bonchev–Trinajstić information content (AvgIpc) is 3.31. The van der Waals surface area contributed by atoms with E-state index in [1.165, 1.54) is 0 Å². The lowest BCUT2D eigenvalue weighted by molar-refractivity contribution is -0.125. The Hall–Kier alpha value is -3.13. The summed E-state index contributed by atoms with van der Waals surface area (Å²) in [7, 11) is 0. The van der Waals surface area contributed by atoms with Gasteiger partial charge in [-0.3, -0.25) is 14.4 Å². The fraction of sp³-hybridized carbons (Fsp3) is 0.409. The van der Waals surface area contributed by atoms with Crippen molar-refractivity contribution in [3.05, 3.63) is 67.0 Å². The number of aliphatic hydroxyl groups is 1. The van der Waals surface area contributed by atoms with Crippen LogP contribution < -0.4 is 21.5 Å². The van der Waals surface area contributed by atoms with Gasteiger partial charge in [-0.1, -0.05) is 13.0 Å². The molecule has 0 bridgehead atoms. The van der Waals surface area contributed by atoms with Gasteiger partial charge in [-0.05, 0) is 43.9 Å². The smallest absolute Gasteiger partial charge is 0.256 e. The minimum atomic E-state index is -0.603. The summed E-state index contributed by atoms with van der Waals surface area (Å²) >= 11 is 0. The highest BCUT2D eigenvalue weighted by molar-refractivity contribution is 6.02. The van der Waals surface area contributed by atoms with Crippen molar-refractivity contribution in [1.82, 2.24) is 4.90 Å². The highest BCUT2D eigenvalue weighted by atomic mass is 16.3. The number of nitrogens with one attached hydrogen (secondary N) is 2. The lowest BCUT2D eigenvalue weighted by atomic mass is 9.96. The summed E-state index contributed by atoms with van der Waals surface area (Å²) in [5.74, 6) is 1.30. The lowest BCUT2D eigenvalue weighted by Crippen LogP contribution is -2.38. The standard InChI is InChI=1S/C22H25N3O5/c1-3-14(16-8-7-12(2)30-16)23-18-19(21(28)20(18)27)24-15-6-4-5-13-11-25(9-10-26)22(29)17(13)15/h6-8,14,23-24,26H,3-5,9-11H2,1-2H3/t14-/m1/s1. The van der Waals surface area contributed by atoms with Gasteiger partial charge in [0.1, 0.15) is 22.9 Å². The van der Waals surface area contributed by atoms with Crippen LogP contribution in [0.3, 0.4) is 0 Å². The van der Waals surface area contributed by atoms with E-state index in [0.29, 0.717) is 30.0 Å². The third-order valence-corrected chi connectivity index (χ3v) is 5.67. The summed E-state index contributed by atoms with van der Waals surface area (Å²) in [5, 5.41) is 15.4. The third-order valence-electron chi connectivity index (χ3n) is 5.67. The first-order chi connectivity index (χ1) is 14.4. The number of rotatable bonds is 8. The molecule has 30 heavy (non-hydrogen) atoms. The predicted octanol–water partition coefficient (Wildman–Crippen LogP) is 1.97. The molecule has 1 atom stereocenters. The van der Waals surface area contributed by atoms with Crippen LogP contribution in [-0.2, 0) is 4.79 Å².